The second kappa shape index (κ2) is 4.35. The Morgan fingerprint density at radius 1 is 1.40 bits per heavy atom. The second-order valence-corrected chi connectivity index (χ2v) is 2.56. The molecule has 0 aliphatic carbocycles. The maximum Gasteiger partial charge on any atom is 0.0431 e. The zero-order valence-corrected chi connectivity index (χ0v) is 7.50. The molecule has 56 valence electrons. The van der Waals surface area contributed by atoms with Crippen LogP contribution in [0.4, 0.5) is 0 Å². The van der Waals surface area contributed by atoms with Crippen LogP contribution in [0.2, 0.25) is 0 Å². The third-order valence-electron chi connectivity index (χ3n) is 1.56. The van der Waals surface area contributed by atoms with Gasteiger partial charge < -0.3 is 0 Å². The Kier molecular flexibility index (Phi) is 4.13. The van der Waals surface area contributed by atoms with E-state index in [9.17, 15) is 0 Å². The molecule has 0 aliphatic heterocycles. The van der Waals surface area contributed by atoms with E-state index < -0.39 is 0 Å². The molecule has 10 heavy (non-hydrogen) atoms. The summed E-state index contributed by atoms with van der Waals surface area (Å²) in [6.07, 6.45) is 3.69. The normalized spacial score (nSPS) is 14.6. The molecule has 0 saturated heterocycles. The number of halogens is 1. The minimum atomic E-state index is 0.732. The van der Waals surface area contributed by atoms with Crippen molar-refractivity contribution in [1.29, 1.82) is 0 Å². The zero-order chi connectivity index (χ0) is 8.15. The van der Waals surface area contributed by atoms with Gasteiger partial charge in [0.05, 0.1) is 0 Å². The number of rotatable bonds is 2. The van der Waals surface area contributed by atoms with Crippen molar-refractivity contribution in [3.63, 3.8) is 0 Å². The summed E-state index contributed by atoms with van der Waals surface area (Å²) < 4.78 is 0. The first kappa shape index (κ1) is 9.51. The van der Waals surface area contributed by atoms with Gasteiger partial charge in [0.15, 0.2) is 0 Å². The summed E-state index contributed by atoms with van der Waals surface area (Å²) in [6.45, 7) is 9.59. The first-order chi connectivity index (χ1) is 4.63. The van der Waals surface area contributed by atoms with Crippen molar-refractivity contribution in [3.8, 4) is 0 Å². The van der Waals surface area contributed by atoms with Gasteiger partial charge in [-0.05, 0) is 26.3 Å². The molecule has 0 spiro atoms. The Hall–Kier alpha value is -0.490. The van der Waals surface area contributed by atoms with Crippen molar-refractivity contribution in [1.82, 2.24) is 0 Å². The van der Waals surface area contributed by atoms with Crippen LogP contribution in [0.3, 0.4) is 0 Å². The highest BCUT2D eigenvalue weighted by Crippen LogP contribution is 2.17. The van der Waals surface area contributed by atoms with E-state index in [-0.39, 0.29) is 0 Å². The number of hydrogen-bond acceptors (Lipinski definition) is 0. The molecule has 0 unspecified atom stereocenters. The summed E-state index contributed by atoms with van der Waals surface area (Å²) >= 11 is 5.81. The molecular formula is C9H13Cl. The quantitative estimate of drug-likeness (QED) is 0.536. The highest BCUT2D eigenvalue weighted by Gasteiger charge is 1.95. The fourth-order valence-corrected chi connectivity index (χ4v) is 0.707. The van der Waals surface area contributed by atoms with Crippen LogP contribution in [0.15, 0.2) is 34.9 Å². The molecule has 0 saturated carbocycles. The lowest BCUT2D eigenvalue weighted by molar-refractivity contribution is 1.32. The Balaban J connectivity index is 4.63. The summed E-state index contributed by atoms with van der Waals surface area (Å²) in [5.74, 6) is 0. The predicted octanol–water partition coefficient (Wildman–Crippen LogP) is 3.65. The number of allylic oxidation sites excluding steroid dienone is 5. The van der Waals surface area contributed by atoms with Gasteiger partial charge in [-0.25, -0.2) is 0 Å². The molecule has 0 radical (unpaired) electrons. The van der Waals surface area contributed by atoms with E-state index in [0.717, 1.165) is 10.6 Å². The molecule has 0 atom stereocenters. The van der Waals surface area contributed by atoms with Crippen molar-refractivity contribution in [2.24, 2.45) is 0 Å². The fourth-order valence-electron chi connectivity index (χ4n) is 0.558. The Bertz CT molecular complexity index is 185. The van der Waals surface area contributed by atoms with E-state index in [4.69, 9.17) is 11.6 Å². The van der Waals surface area contributed by atoms with Gasteiger partial charge in [-0.3, -0.25) is 0 Å². The van der Waals surface area contributed by atoms with Gasteiger partial charge in [0.1, 0.15) is 0 Å². The van der Waals surface area contributed by atoms with Gasteiger partial charge in [0, 0.05) is 5.03 Å². The van der Waals surface area contributed by atoms with E-state index >= 15 is 0 Å². The SMILES string of the molecule is C=C/C(Cl)=C(C)\C(C)=C/C. The zero-order valence-electron chi connectivity index (χ0n) is 6.74. The van der Waals surface area contributed by atoms with E-state index in [0.29, 0.717) is 0 Å². The van der Waals surface area contributed by atoms with Crippen molar-refractivity contribution >= 4 is 11.6 Å². The first-order valence-corrected chi connectivity index (χ1v) is 3.63. The topological polar surface area (TPSA) is 0 Å². The standard InChI is InChI=1S/C9H13Cl/c1-5-7(3)8(4)9(10)6-2/h5-6H,2H2,1,3-4H3/b7-5-,9-8+. The average molecular weight is 157 g/mol. The smallest absolute Gasteiger partial charge is 0.0431 e. The molecule has 0 aromatic rings. The van der Waals surface area contributed by atoms with Crippen LogP contribution < -0.4 is 0 Å². The molecule has 0 aliphatic rings. The van der Waals surface area contributed by atoms with Crippen LogP contribution in [0.1, 0.15) is 20.8 Å². The van der Waals surface area contributed by atoms with Gasteiger partial charge in [0.25, 0.3) is 0 Å². The highest BCUT2D eigenvalue weighted by atomic mass is 35.5. The monoisotopic (exact) mass is 156 g/mol. The molecule has 0 rings (SSSR count). The van der Waals surface area contributed by atoms with E-state index in [1.54, 1.807) is 6.08 Å². The lowest BCUT2D eigenvalue weighted by atomic mass is 10.1. The summed E-state index contributed by atoms with van der Waals surface area (Å²) in [5, 5.41) is 0.732. The van der Waals surface area contributed by atoms with Gasteiger partial charge >= 0.3 is 0 Å². The fraction of sp³-hybridized carbons (Fsp3) is 0.333. The van der Waals surface area contributed by atoms with E-state index in [1.807, 2.05) is 26.8 Å². The van der Waals surface area contributed by atoms with Gasteiger partial charge in [-0.15, -0.1) is 0 Å². The van der Waals surface area contributed by atoms with Crippen LogP contribution in [0.5, 0.6) is 0 Å². The molecule has 0 N–H and O–H groups in total. The van der Waals surface area contributed by atoms with Crippen molar-refractivity contribution in [3.05, 3.63) is 34.9 Å². The van der Waals surface area contributed by atoms with Crippen molar-refractivity contribution in [2.45, 2.75) is 20.8 Å². The minimum Gasteiger partial charge on any atom is -0.0976 e. The van der Waals surface area contributed by atoms with Crippen LogP contribution in [-0.2, 0) is 0 Å². The Labute approximate surface area is 67.9 Å². The predicted molar refractivity (Wildman–Crippen MR) is 48.2 cm³/mol. The molecule has 0 nitrogen and oxygen atoms in total. The summed E-state index contributed by atoms with van der Waals surface area (Å²) in [4.78, 5) is 0. The average Bonchev–Trinajstić information content (AvgIpc) is 2.00. The maximum atomic E-state index is 5.81. The van der Waals surface area contributed by atoms with Crippen molar-refractivity contribution in [2.75, 3.05) is 0 Å². The Morgan fingerprint density at radius 3 is 2.20 bits per heavy atom. The molecule has 0 bridgehead atoms. The molecule has 0 heterocycles. The summed E-state index contributed by atoms with van der Waals surface area (Å²) in [7, 11) is 0. The van der Waals surface area contributed by atoms with Crippen LogP contribution in [0.25, 0.3) is 0 Å². The minimum absolute atomic E-state index is 0.732. The summed E-state index contributed by atoms with van der Waals surface area (Å²) in [5.41, 5.74) is 2.30. The van der Waals surface area contributed by atoms with Crippen LogP contribution in [-0.4, -0.2) is 0 Å². The molecular weight excluding hydrogens is 144 g/mol. The van der Waals surface area contributed by atoms with Crippen LogP contribution >= 0.6 is 11.6 Å². The van der Waals surface area contributed by atoms with Gasteiger partial charge in [-0.2, -0.15) is 0 Å². The second-order valence-electron chi connectivity index (χ2n) is 2.15. The third kappa shape index (κ3) is 2.40. The molecule has 0 aromatic carbocycles. The molecule has 0 amide bonds. The lowest BCUT2D eigenvalue weighted by Gasteiger charge is -2.00. The largest absolute Gasteiger partial charge is 0.0976 e. The Morgan fingerprint density at radius 2 is 1.90 bits per heavy atom. The summed E-state index contributed by atoms with van der Waals surface area (Å²) in [6, 6.07) is 0. The molecule has 0 fully saturated rings. The van der Waals surface area contributed by atoms with Crippen LogP contribution in [0, 0.1) is 0 Å². The first-order valence-electron chi connectivity index (χ1n) is 3.25. The lowest BCUT2D eigenvalue weighted by Crippen LogP contribution is -1.80. The maximum absolute atomic E-state index is 5.81. The highest BCUT2D eigenvalue weighted by molar-refractivity contribution is 6.31. The van der Waals surface area contributed by atoms with E-state index in [2.05, 4.69) is 6.58 Å². The van der Waals surface area contributed by atoms with Gasteiger partial charge in [0.2, 0.25) is 0 Å². The molecule has 1 heteroatoms. The number of hydrogen-bond donors (Lipinski definition) is 0. The molecule has 0 aromatic heterocycles. The third-order valence-corrected chi connectivity index (χ3v) is 2.00. The van der Waals surface area contributed by atoms with Crippen molar-refractivity contribution < 1.29 is 0 Å². The van der Waals surface area contributed by atoms with Gasteiger partial charge in [-0.1, -0.05) is 35.9 Å². The van der Waals surface area contributed by atoms with E-state index in [1.165, 1.54) is 5.57 Å².